The SMILES string of the molecule is c1ccc2c(c1)CCC(NC1CCCCCC1)C2. The molecule has 1 saturated carbocycles. The Labute approximate surface area is 111 Å². The molecule has 0 radical (unpaired) electrons. The highest BCUT2D eigenvalue weighted by molar-refractivity contribution is 5.30. The largest absolute Gasteiger partial charge is 0.311 e. The second kappa shape index (κ2) is 5.88. The van der Waals surface area contributed by atoms with E-state index in [4.69, 9.17) is 0 Å². The number of nitrogens with one attached hydrogen (secondary N) is 1. The zero-order valence-electron chi connectivity index (χ0n) is 11.3. The molecule has 0 heterocycles. The van der Waals surface area contributed by atoms with Crippen molar-refractivity contribution in [2.45, 2.75) is 69.9 Å². The van der Waals surface area contributed by atoms with Crippen LogP contribution in [0.3, 0.4) is 0 Å². The Hall–Kier alpha value is -0.820. The molecule has 1 heteroatoms. The molecule has 0 aromatic heterocycles. The highest BCUT2D eigenvalue weighted by Gasteiger charge is 2.21. The van der Waals surface area contributed by atoms with Crippen molar-refractivity contribution < 1.29 is 0 Å². The Balaban J connectivity index is 1.58. The lowest BCUT2D eigenvalue weighted by Gasteiger charge is -2.29. The van der Waals surface area contributed by atoms with Crippen LogP contribution in [-0.2, 0) is 12.8 Å². The van der Waals surface area contributed by atoms with Gasteiger partial charge in [-0.2, -0.15) is 0 Å². The first-order valence-electron chi connectivity index (χ1n) is 7.74. The quantitative estimate of drug-likeness (QED) is 0.778. The Kier molecular flexibility index (Phi) is 3.99. The van der Waals surface area contributed by atoms with Gasteiger partial charge >= 0.3 is 0 Å². The maximum absolute atomic E-state index is 3.94. The number of aryl methyl sites for hydroxylation is 1. The molecule has 1 unspecified atom stereocenters. The van der Waals surface area contributed by atoms with Crippen LogP contribution in [0.25, 0.3) is 0 Å². The average molecular weight is 243 g/mol. The molecule has 1 fully saturated rings. The van der Waals surface area contributed by atoms with Gasteiger partial charge in [-0.3, -0.25) is 0 Å². The first-order valence-corrected chi connectivity index (χ1v) is 7.74. The molecular formula is C17H25N. The maximum Gasteiger partial charge on any atom is 0.0113 e. The smallest absolute Gasteiger partial charge is 0.0113 e. The van der Waals surface area contributed by atoms with E-state index < -0.39 is 0 Å². The number of benzene rings is 1. The van der Waals surface area contributed by atoms with Crippen LogP contribution < -0.4 is 5.32 Å². The maximum atomic E-state index is 3.94. The minimum absolute atomic E-state index is 0.725. The molecule has 0 aliphatic heterocycles. The molecule has 0 amide bonds. The number of hydrogen-bond acceptors (Lipinski definition) is 1. The lowest BCUT2D eigenvalue weighted by atomic mass is 9.87. The summed E-state index contributed by atoms with van der Waals surface area (Å²) in [6.45, 7) is 0. The van der Waals surface area contributed by atoms with Crippen LogP contribution >= 0.6 is 0 Å². The zero-order valence-corrected chi connectivity index (χ0v) is 11.3. The third-order valence-electron chi connectivity index (χ3n) is 4.67. The summed E-state index contributed by atoms with van der Waals surface area (Å²) in [6.07, 6.45) is 12.4. The van der Waals surface area contributed by atoms with Gasteiger partial charge in [0.2, 0.25) is 0 Å². The normalized spacial score (nSPS) is 25.4. The second-order valence-corrected chi connectivity index (χ2v) is 6.06. The predicted molar refractivity (Wildman–Crippen MR) is 76.9 cm³/mol. The van der Waals surface area contributed by atoms with Gasteiger partial charge < -0.3 is 5.32 Å². The predicted octanol–water partition coefficient (Wildman–Crippen LogP) is 3.86. The monoisotopic (exact) mass is 243 g/mol. The fourth-order valence-electron chi connectivity index (χ4n) is 3.62. The van der Waals surface area contributed by atoms with E-state index in [0.717, 1.165) is 12.1 Å². The number of hydrogen-bond donors (Lipinski definition) is 1. The first kappa shape index (κ1) is 12.2. The van der Waals surface area contributed by atoms with Crippen molar-refractivity contribution in [1.82, 2.24) is 5.32 Å². The molecule has 2 aliphatic carbocycles. The van der Waals surface area contributed by atoms with Crippen molar-refractivity contribution in [3.05, 3.63) is 35.4 Å². The molecule has 1 N–H and O–H groups in total. The highest BCUT2D eigenvalue weighted by atomic mass is 14.9. The molecule has 0 saturated heterocycles. The molecule has 1 aromatic rings. The zero-order chi connectivity index (χ0) is 12.2. The van der Waals surface area contributed by atoms with Gasteiger partial charge in [0.15, 0.2) is 0 Å². The molecule has 0 spiro atoms. The van der Waals surface area contributed by atoms with Gasteiger partial charge in [0.1, 0.15) is 0 Å². The summed E-state index contributed by atoms with van der Waals surface area (Å²) in [4.78, 5) is 0. The number of rotatable bonds is 2. The van der Waals surface area contributed by atoms with Crippen LogP contribution in [0.1, 0.15) is 56.1 Å². The van der Waals surface area contributed by atoms with E-state index in [1.54, 1.807) is 11.1 Å². The van der Waals surface area contributed by atoms with Crippen LogP contribution in [0, 0.1) is 0 Å². The summed E-state index contributed by atoms with van der Waals surface area (Å²) in [5.41, 5.74) is 3.16. The van der Waals surface area contributed by atoms with Crippen molar-refractivity contribution >= 4 is 0 Å². The van der Waals surface area contributed by atoms with E-state index in [2.05, 4.69) is 29.6 Å². The third-order valence-corrected chi connectivity index (χ3v) is 4.67. The van der Waals surface area contributed by atoms with E-state index in [0.29, 0.717) is 0 Å². The third kappa shape index (κ3) is 2.95. The van der Waals surface area contributed by atoms with Crippen molar-refractivity contribution in [1.29, 1.82) is 0 Å². The van der Waals surface area contributed by atoms with Gasteiger partial charge in [0.05, 0.1) is 0 Å². The fourth-order valence-corrected chi connectivity index (χ4v) is 3.62. The Bertz CT molecular complexity index is 377. The van der Waals surface area contributed by atoms with Crippen LogP contribution in [0.4, 0.5) is 0 Å². The molecule has 1 aromatic carbocycles. The summed E-state index contributed by atoms with van der Waals surface area (Å²) in [7, 11) is 0. The van der Waals surface area contributed by atoms with Crippen molar-refractivity contribution in [3.63, 3.8) is 0 Å². The molecule has 2 aliphatic rings. The average Bonchev–Trinajstić information content (AvgIpc) is 2.67. The van der Waals surface area contributed by atoms with Gasteiger partial charge in [-0.25, -0.2) is 0 Å². The summed E-state index contributed by atoms with van der Waals surface area (Å²) in [6, 6.07) is 10.5. The molecule has 98 valence electrons. The van der Waals surface area contributed by atoms with E-state index in [1.807, 2.05) is 0 Å². The van der Waals surface area contributed by atoms with Gasteiger partial charge in [0, 0.05) is 12.1 Å². The van der Waals surface area contributed by atoms with E-state index in [1.165, 1.54) is 57.8 Å². The summed E-state index contributed by atoms with van der Waals surface area (Å²) in [5.74, 6) is 0. The molecule has 1 nitrogen and oxygen atoms in total. The molecule has 0 bridgehead atoms. The van der Waals surface area contributed by atoms with Crippen molar-refractivity contribution in [2.75, 3.05) is 0 Å². The summed E-state index contributed by atoms with van der Waals surface area (Å²) in [5, 5.41) is 3.94. The van der Waals surface area contributed by atoms with Gasteiger partial charge in [-0.1, -0.05) is 49.9 Å². The van der Waals surface area contributed by atoms with Crippen molar-refractivity contribution in [2.24, 2.45) is 0 Å². The molecular weight excluding hydrogens is 218 g/mol. The van der Waals surface area contributed by atoms with E-state index in [9.17, 15) is 0 Å². The second-order valence-electron chi connectivity index (χ2n) is 6.06. The van der Waals surface area contributed by atoms with Crippen LogP contribution in [0.5, 0.6) is 0 Å². The van der Waals surface area contributed by atoms with E-state index >= 15 is 0 Å². The molecule has 18 heavy (non-hydrogen) atoms. The van der Waals surface area contributed by atoms with Gasteiger partial charge in [0.25, 0.3) is 0 Å². The minimum atomic E-state index is 0.725. The minimum Gasteiger partial charge on any atom is -0.311 e. The highest BCUT2D eigenvalue weighted by Crippen LogP contribution is 2.23. The van der Waals surface area contributed by atoms with Gasteiger partial charge in [-0.15, -0.1) is 0 Å². The van der Waals surface area contributed by atoms with Gasteiger partial charge in [-0.05, 0) is 43.2 Å². The van der Waals surface area contributed by atoms with E-state index in [-0.39, 0.29) is 0 Å². The Morgan fingerprint density at radius 2 is 1.50 bits per heavy atom. The molecule has 3 rings (SSSR count). The topological polar surface area (TPSA) is 12.0 Å². The lowest BCUT2D eigenvalue weighted by Crippen LogP contribution is -2.41. The first-order chi connectivity index (χ1) is 8.92. The summed E-state index contributed by atoms with van der Waals surface area (Å²) >= 11 is 0. The van der Waals surface area contributed by atoms with Crippen LogP contribution in [0.15, 0.2) is 24.3 Å². The van der Waals surface area contributed by atoms with Crippen LogP contribution in [-0.4, -0.2) is 12.1 Å². The summed E-state index contributed by atoms with van der Waals surface area (Å²) < 4.78 is 0. The standard InChI is InChI=1S/C17H25N/c1-2-4-10-16(9-3-1)18-17-12-11-14-7-5-6-8-15(14)13-17/h5-8,16-18H,1-4,9-13H2. The number of fused-ring (bicyclic) bond motifs is 1. The Morgan fingerprint density at radius 3 is 2.28 bits per heavy atom. The fraction of sp³-hybridized carbons (Fsp3) is 0.647. The Morgan fingerprint density at radius 1 is 0.778 bits per heavy atom. The lowest BCUT2D eigenvalue weighted by molar-refractivity contribution is 0.367. The van der Waals surface area contributed by atoms with Crippen LogP contribution in [0.2, 0.25) is 0 Å². The molecule has 1 atom stereocenters. The van der Waals surface area contributed by atoms with Crippen molar-refractivity contribution in [3.8, 4) is 0 Å².